The summed E-state index contributed by atoms with van der Waals surface area (Å²) in [4.78, 5) is 30.5. The summed E-state index contributed by atoms with van der Waals surface area (Å²) in [6.45, 7) is 3.32. The second-order valence-corrected chi connectivity index (χ2v) is 14.6. The van der Waals surface area contributed by atoms with Crippen molar-refractivity contribution in [2.24, 2.45) is 0 Å². The maximum absolute atomic E-state index is 14.8. The molecule has 4 aromatic rings. The maximum atomic E-state index is 14.8. The normalized spacial score (nSPS) is 13.9. The Labute approximate surface area is 288 Å². The third-order valence-electron chi connectivity index (χ3n) is 8.87. The van der Waals surface area contributed by atoms with Crippen LogP contribution < -0.4 is 14.4 Å². The van der Waals surface area contributed by atoms with Crippen LogP contribution in [0.2, 0.25) is 5.02 Å². The summed E-state index contributed by atoms with van der Waals surface area (Å²) in [6.07, 6.45) is 4.09. The number of aryl methyl sites for hydroxylation is 2. The van der Waals surface area contributed by atoms with E-state index in [1.54, 1.807) is 24.3 Å². The van der Waals surface area contributed by atoms with Crippen LogP contribution in [0.5, 0.6) is 5.75 Å². The predicted octanol–water partition coefficient (Wildman–Crippen LogP) is 6.86. The van der Waals surface area contributed by atoms with Crippen molar-refractivity contribution < 1.29 is 22.7 Å². The van der Waals surface area contributed by atoms with Crippen molar-refractivity contribution in [1.29, 1.82) is 0 Å². The van der Waals surface area contributed by atoms with Gasteiger partial charge in [-0.25, -0.2) is 8.42 Å². The molecule has 10 heteroatoms. The van der Waals surface area contributed by atoms with E-state index < -0.39 is 28.5 Å². The molecular formula is C38H42ClN3O5S. The van der Waals surface area contributed by atoms with Crippen molar-refractivity contribution in [3.63, 3.8) is 0 Å². The van der Waals surface area contributed by atoms with E-state index in [-0.39, 0.29) is 46.3 Å². The van der Waals surface area contributed by atoms with Crippen molar-refractivity contribution in [3.8, 4) is 5.75 Å². The first-order chi connectivity index (χ1) is 23.1. The molecular weight excluding hydrogens is 646 g/mol. The summed E-state index contributed by atoms with van der Waals surface area (Å²) in [5.74, 6) is -0.576. The lowest BCUT2D eigenvalue weighted by molar-refractivity contribution is -0.140. The number of benzene rings is 4. The average molecular weight is 688 g/mol. The van der Waals surface area contributed by atoms with E-state index in [4.69, 9.17) is 16.3 Å². The fraction of sp³-hybridized carbons (Fsp3) is 0.316. The quantitative estimate of drug-likeness (QED) is 0.166. The maximum Gasteiger partial charge on any atom is 0.264 e. The van der Waals surface area contributed by atoms with E-state index in [0.717, 1.165) is 52.2 Å². The molecule has 8 nitrogen and oxygen atoms in total. The average Bonchev–Trinajstić information content (AvgIpc) is 3.59. The topological polar surface area (TPSA) is 96.0 Å². The van der Waals surface area contributed by atoms with Gasteiger partial charge in [-0.15, -0.1) is 0 Å². The van der Waals surface area contributed by atoms with Gasteiger partial charge in [-0.1, -0.05) is 96.7 Å². The van der Waals surface area contributed by atoms with Crippen LogP contribution in [0.4, 0.5) is 5.69 Å². The smallest absolute Gasteiger partial charge is 0.264 e. The Hall–Kier alpha value is -4.34. The van der Waals surface area contributed by atoms with Crippen LogP contribution in [0.15, 0.2) is 102 Å². The highest BCUT2D eigenvalue weighted by Crippen LogP contribution is 2.35. The Balaban J connectivity index is 1.61. The number of halogens is 1. The monoisotopic (exact) mass is 687 g/mol. The number of hydrogen-bond acceptors (Lipinski definition) is 5. The molecule has 48 heavy (non-hydrogen) atoms. The van der Waals surface area contributed by atoms with E-state index in [1.807, 2.05) is 68.4 Å². The van der Waals surface area contributed by atoms with Gasteiger partial charge in [0.2, 0.25) is 11.8 Å². The van der Waals surface area contributed by atoms with Crippen molar-refractivity contribution in [3.05, 3.63) is 124 Å². The number of methoxy groups -OCH3 is 1. The SMILES string of the molecule is COc1ccc(Cl)cc1N(CC(=O)N(Cc1ccccc1C)[C@@H](Cc1ccccc1)C(=O)NC1CCCC1)S(=O)(=O)c1ccc(C)cc1. The van der Waals surface area contributed by atoms with Crippen LogP contribution in [0.3, 0.4) is 0 Å². The zero-order chi connectivity index (χ0) is 34.3. The van der Waals surface area contributed by atoms with Crippen LogP contribution in [0.1, 0.15) is 47.9 Å². The summed E-state index contributed by atoms with van der Waals surface area (Å²) in [6, 6.07) is 27.4. The van der Waals surface area contributed by atoms with Gasteiger partial charge < -0.3 is 15.0 Å². The number of ether oxygens (including phenoxy) is 1. The first kappa shape index (κ1) is 35.0. The number of carbonyl (C=O) groups excluding carboxylic acids is 2. The van der Waals surface area contributed by atoms with Gasteiger partial charge in [0.05, 0.1) is 17.7 Å². The summed E-state index contributed by atoms with van der Waals surface area (Å²) < 4.78 is 35.4. The van der Waals surface area contributed by atoms with Gasteiger partial charge in [0, 0.05) is 24.0 Å². The van der Waals surface area contributed by atoms with Crippen LogP contribution >= 0.6 is 11.6 Å². The minimum atomic E-state index is -4.31. The molecule has 252 valence electrons. The third-order valence-corrected chi connectivity index (χ3v) is 10.9. The molecule has 1 aliphatic rings. The number of amides is 2. The highest BCUT2D eigenvalue weighted by molar-refractivity contribution is 7.92. The predicted molar refractivity (Wildman–Crippen MR) is 190 cm³/mol. The van der Waals surface area contributed by atoms with Crippen molar-refractivity contribution in [1.82, 2.24) is 10.2 Å². The lowest BCUT2D eigenvalue weighted by Gasteiger charge is -2.35. The standard InChI is InChI=1S/C38H42ClN3O5S/c1-27-17-20-33(21-18-27)48(45,46)42(34-24-31(39)19-22-36(34)47-3)26-37(43)41(25-30-14-8-7-11-28(30)2)35(23-29-12-5-4-6-13-29)38(44)40-32-15-9-10-16-32/h4-8,11-14,17-22,24,32,35H,9-10,15-16,23,25-26H2,1-3H3,(H,40,44)/t35-/m0/s1. The molecule has 1 fully saturated rings. The molecule has 0 aliphatic heterocycles. The molecule has 5 rings (SSSR count). The number of sulfonamides is 1. The Kier molecular flexibility index (Phi) is 11.4. The summed E-state index contributed by atoms with van der Waals surface area (Å²) in [5.41, 5.74) is 3.69. The molecule has 4 aromatic carbocycles. The molecule has 0 radical (unpaired) electrons. The largest absolute Gasteiger partial charge is 0.495 e. The van der Waals surface area contributed by atoms with Gasteiger partial charge >= 0.3 is 0 Å². The molecule has 1 saturated carbocycles. The molecule has 0 spiro atoms. The molecule has 1 N–H and O–H groups in total. The highest BCUT2D eigenvalue weighted by atomic mass is 35.5. The number of hydrogen-bond donors (Lipinski definition) is 1. The number of anilines is 1. The van der Waals surface area contributed by atoms with Crippen LogP contribution in [0, 0.1) is 13.8 Å². The third kappa shape index (κ3) is 8.38. The van der Waals surface area contributed by atoms with Crippen LogP contribution in [0.25, 0.3) is 0 Å². The summed E-state index contributed by atoms with van der Waals surface area (Å²) in [7, 11) is -2.88. The summed E-state index contributed by atoms with van der Waals surface area (Å²) in [5, 5.41) is 3.48. The second kappa shape index (κ2) is 15.7. The molecule has 1 aliphatic carbocycles. The van der Waals surface area contributed by atoms with E-state index in [2.05, 4.69) is 5.32 Å². The molecule has 0 saturated heterocycles. The van der Waals surface area contributed by atoms with Crippen molar-refractivity contribution in [2.45, 2.75) is 69.5 Å². The van der Waals surface area contributed by atoms with Crippen molar-refractivity contribution >= 4 is 39.1 Å². The summed E-state index contributed by atoms with van der Waals surface area (Å²) >= 11 is 6.40. The Morgan fingerprint density at radius 3 is 2.25 bits per heavy atom. The van der Waals surface area contributed by atoms with Gasteiger partial charge in [0.1, 0.15) is 18.3 Å². The molecule has 0 bridgehead atoms. The molecule has 0 aromatic heterocycles. The van der Waals surface area contributed by atoms with Gasteiger partial charge in [0.15, 0.2) is 0 Å². The van der Waals surface area contributed by atoms with Crippen LogP contribution in [-0.4, -0.2) is 50.9 Å². The minimum Gasteiger partial charge on any atom is -0.495 e. The highest BCUT2D eigenvalue weighted by Gasteiger charge is 2.36. The zero-order valence-electron chi connectivity index (χ0n) is 27.6. The fourth-order valence-electron chi connectivity index (χ4n) is 6.10. The first-order valence-corrected chi connectivity index (χ1v) is 18.0. The minimum absolute atomic E-state index is 0.00759. The van der Waals surface area contributed by atoms with E-state index in [0.29, 0.717) is 0 Å². The lowest BCUT2D eigenvalue weighted by atomic mass is 10.0. The van der Waals surface area contributed by atoms with Crippen molar-refractivity contribution in [2.75, 3.05) is 18.0 Å². The number of carbonyl (C=O) groups is 2. The van der Waals surface area contributed by atoms with Gasteiger partial charge in [0.25, 0.3) is 10.0 Å². The molecule has 0 unspecified atom stereocenters. The van der Waals surface area contributed by atoms with Crippen LogP contribution in [-0.2, 0) is 32.6 Å². The van der Waals surface area contributed by atoms with Gasteiger partial charge in [-0.05, 0) is 73.7 Å². The number of nitrogens with zero attached hydrogens (tertiary/aromatic N) is 2. The second-order valence-electron chi connectivity index (χ2n) is 12.3. The zero-order valence-corrected chi connectivity index (χ0v) is 29.1. The van der Waals surface area contributed by atoms with E-state index in [9.17, 15) is 18.0 Å². The lowest BCUT2D eigenvalue weighted by Crippen LogP contribution is -2.54. The Bertz CT molecular complexity index is 1830. The Morgan fingerprint density at radius 1 is 0.917 bits per heavy atom. The Morgan fingerprint density at radius 2 is 1.58 bits per heavy atom. The molecule has 0 heterocycles. The van der Waals surface area contributed by atoms with E-state index >= 15 is 0 Å². The van der Waals surface area contributed by atoms with Gasteiger partial charge in [-0.2, -0.15) is 0 Å². The fourth-order valence-corrected chi connectivity index (χ4v) is 7.68. The first-order valence-electron chi connectivity index (χ1n) is 16.2. The number of rotatable bonds is 13. The molecule has 1 atom stereocenters. The van der Waals surface area contributed by atoms with Gasteiger partial charge in [-0.3, -0.25) is 13.9 Å². The number of nitrogens with one attached hydrogen (secondary N) is 1. The van der Waals surface area contributed by atoms with E-state index in [1.165, 1.54) is 30.2 Å². The molecule has 2 amide bonds.